The number of halogens is 1. The lowest BCUT2D eigenvalue weighted by Crippen LogP contribution is -2.42. The molecule has 144 valence electrons. The third kappa shape index (κ3) is 3.67. The third-order valence-corrected chi connectivity index (χ3v) is 5.80. The Morgan fingerprint density at radius 3 is 2.81 bits per heavy atom. The van der Waals surface area contributed by atoms with Crippen LogP contribution in [0.2, 0.25) is 0 Å². The van der Waals surface area contributed by atoms with Crippen molar-refractivity contribution >= 4 is 7.82 Å². The number of hydrogen-bond acceptors (Lipinski definition) is 7. The molecule has 0 aliphatic carbocycles. The van der Waals surface area contributed by atoms with Gasteiger partial charge in [0.2, 0.25) is 5.82 Å². The Labute approximate surface area is 152 Å². The molecule has 9 nitrogen and oxygen atoms in total. The Balaban J connectivity index is 1.54. The summed E-state index contributed by atoms with van der Waals surface area (Å²) in [6.07, 6.45) is -0.672. The van der Waals surface area contributed by atoms with E-state index < -0.39 is 43.1 Å². The van der Waals surface area contributed by atoms with Crippen LogP contribution in [0.15, 0.2) is 46.1 Å². The maximum atomic E-state index is 13.6. The molecule has 0 saturated carbocycles. The van der Waals surface area contributed by atoms with E-state index in [2.05, 4.69) is 0 Å². The summed E-state index contributed by atoms with van der Waals surface area (Å²) in [5.41, 5.74) is -1.15. The van der Waals surface area contributed by atoms with Crippen molar-refractivity contribution in [3.8, 4) is 0 Å². The van der Waals surface area contributed by atoms with E-state index in [1.807, 2.05) is 23.2 Å². The highest BCUT2D eigenvalue weighted by atomic mass is 31.2. The average molecular weight is 398 g/mol. The SMILES string of the molecule is O=c1[nH]c(=O)n(C2CO[C@@H]3COP(=O)(OCc4ccccc4)O[C@@H]23)cc1F. The van der Waals surface area contributed by atoms with Crippen LogP contribution in [0.3, 0.4) is 0 Å². The molecule has 1 N–H and O–H groups in total. The molecule has 0 spiro atoms. The zero-order chi connectivity index (χ0) is 19.0. The highest BCUT2D eigenvalue weighted by Gasteiger charge is 2.50. The van der Waals surface area contributed by atoms with Crippen molar-refractivity contribution in [1.82, 2.24) is 9.55 Å². The van der Waals surface area contributed by atoms with Crippen LogP contribution in [0.1, 0.15) is 11.6 Å². The summed E-state index contributed by atoms with van der Waals surface area (Å²) < 4.78 is 49.0. The number of ether oxygens (including phenoxy) is 1. The van der Waals surface area contributed by atoms with E-state index >= 15 is 0 Å². The van der Waals surface area contributed by atoms with Crippen molar-refractivity contribution in [3.63, 3.8) is 0 Å². The van der Waals surface area contributed by atoms with Gasteiger partial charge in [0.1, 0.15) is 12.2 Å². The van der Waals surface area contributed by atoms with Gasteiger partial charge < -0.3 is 4.74 Å². The number of aromatic nitrogens is 2. The number of rotatable bonds is 4. The molecule has 11 heteroatoms. The number of aromatic amines is 1. The number of phosphoric ester groups is 1. The second-order valence-electron chi connectivity index (χ2n) is 6.15. The fraction of sp³-hybridized carbons (Fsp3) is 0.375. The first-order valence-corrected chi connectivity index (χ1v) is 9.65. The molecule has 4 rings (SSSR count). The minimum Gasteiger partial charge on any atom is -0.371 e. The van der Waals surface area contributed by atoms with E-state index in [-0.39, 0.29) is 19.8 Å². The lowest BCUT2D eigenvalue weighted by atomic mass is 10.1. The highest BCUT2D eigenvalue weighted by Crippen LogP contribution is 2.56. The van der Waals surface area contributed by atoms with Gasteiger partial charge in [-0.25, -0.2) is 9.36 Å². The summed E-state index contributed by atoms with van der Waals surface area (Å²) in [6, 6.07) is 8.26. The van der Waals surface area contributed by atoms with Crippen molar-refractivity contribution in [2.75, 3.05) is 13.2 Å². The highest BCUT2D eigenvalue weighted by molar-refractivity contribution is 7.48. The van der Waals surface area contributed by atoms with Crippen LogP contribution < -0.4 is 11.2 Å². The number of nitrogens with zero attached hydrogens (tertiary/aromatic N) is 1. The van der Waals surface area contributed by atoms with Crippen molar-refractivity contribution in [2.24, 2.45) is 0 Å². The van der Waals surface area contributed by atoms with E-state index in [1.165, 1.54) is 0 Å². The first kappa shape index (κ1) is 18.3. The van der Waals surface area contributed by atoms with Crippen LogP contribution in [0.25, 0.3) is 0 Å². The lowest BCUT2D eigenvalue weighted by molar-refractivity contribution is -0.0487. The van der Waals surface area contributed by atoms with Crippen molar-refractivity contribution in [2.45, 2.75) is 24.9 Å². The minimum absolute atomic E-state index is 0.00275. The molecule has 2 aliphatic rings. The Morgan fingerprint density at radius 2 is 2.04 bits per heavy atom. The van der Waals surface area contributed by atoms with Crippen molar-refractivity contribution in [1.29, 1.82) is 0 Å². The standard InChI is InChI=1S/C16H16FN2O7P/c17-11-6-19(16(21)18-15(11)20)12-8-23-13-9-25-27(22,26-14(12)13)24-7-10-4-2-1-3-5-10/h1-6,12-14H,7-9H2,(H,18,20,21)/t12?,13-,14+,27?/m1/s1. The van der Waals surface area contributed by atoms with Gasteiger partial charge in [-0.05, 0) is 5.56 Å². The normalized spacial score (nSPS) is 30.2. The van der Waals surface area contributed by atoms with Crippen molar-refractivity contribution < 1.29 is 27.3 Å². The summed E-state index contributed by atoms with van der Waals surface area (Å²) in [4.78, 5) is 25.1. The van der Waals surface area contributed by atoms with Gasteiger partial charge in [0.25, 0.3) is 5.56 Å². The molecule has 0 bridgehead atoms. The van der Waals surface area contributed by atoms with Crippen LogP contribution in [0, 0.1) is 5.82 Å². The number of benzene rings is 1. The summed E-state index contributed by atoms with van der Waals surface area (Å²) in [6.45, 7) is -0.0507. The summed E-state index contributed by atoms with van der Waals surface area (Å²) in [5.74, 6) is -1.12. The quantitative estimate of drug-likeness (QED) is 0.775. The molecule has 1 aromatic heterocycles. The summed E-state index contributed by atoms with van der Waals surface area (Å²) >= 11 is 0. The van der Waals surface area contributed by atoms with Crippen LogP contribution in [-0.2, 0) is 29.5 Å². The Hall–Kier alpha value is -2.10. The maximum Gasteiger partial charge on any atom is 0.475 e. The second kappa shape index (κ2) is 7.14. The Kier molecular flexibility index (Phi) is 4.83. The molecule has 2 aliphatic heterocycles. The first-order valence-electron chi connectivity index (χ1n) is 8.19. The van der Waals surface area contributed by atoms with Gasteiger partial charge in [-0.15, -0.1) is 0 Å². The molecule has 0 amide bonds. The summed E-state index contributed by atoms with van der Waals surface area (Å²) in [5, 5.41) is 0. The maximum absolute atomic E-state index is 13.6. The van der Waals surface area contributed by atoms with Gasteiger partial charge >= 0.3 is 13.5 Å². The second-order valence-corrected chi connectivity index (χ2v) is 7.78. The van der Waals surface area contributed by atoms with Gasteiger partial charge in [0.05, 0.1) is 32.1 Å². The fourth-order valence-corrected chi connectivity index (χ4v) is 4.43. The topological polar surface area (TPSA) is 109 Å². The van der Waals surface area contributed by atoms with Crippen LogP contribution in [-0.4, -0.2) is 35.0 Å². The number of fused-ring (bicyclic) bond motifs is 1. The zero-order valence-corrected chi connectivity index (χ0v) is 14.8. The number of phosphoric acid groups is 1. The zero-order valence-electron chi connectivity index (χ0n) is 13.9. The molecule has 27 heavy (non-hydrogen) atoms. The van der Waals surface area contributed by atoms with E-state index in [4.69, 9.17) is 18.3 Å². The van der Waals surface area contributed by atoms with E-state index in [1.54, 1.807) is 12.1 Å². The average Bonchev–Trinajstić information content (AvgIpc) is 3.06. The Bertz CT molecular complexity index is 992. The molecular formula is C16H16FN2O7P. The number of hydrogen-bond donors (Lipinski definition) is 1. The summed E-state index contributed by atoms with van der Waals surface area (Å²) in [7, 11) is -3.90. The first-order chi connectivity index (χ1) is 13.0. The van der Waals surface area contributed by atoms with Crippen LogP contribution in [0.4, 0.5) is 4.39 Å². The number of nitrogens with one attached hydrogen (secondary N) is 1. The van der Waals surface area contributed by atoms with Crippen LogP contribution in [0.5, 0.6) is 0 Å². The molecule has 4 atom stereocenters. The molecule has 3 heterocycles. The van der Waals surface area contributed by atoms with Gasteiger partial charge in [-0.2, -0.15) is 4.39 Å². The minimum atomic E-state index is -3.90. The number of H-pyrrole nitrogens is 1. The largest absolute Gasteiger partial charge is 0.475 e. The Morgan fingerprint density at radius 1 is 1.26 bits per heavy atom. The van der Waals surface area contributed by atoms with E-state index in [0.717, 1.165) is 16.3 Å². The predicted molar refractivity (Wildman–Crippen MR) is 89.7 cm³/mol. The smallest absolute Gasteiger partial charge is 0.371 e. The van der Waals surface area contributed by atoms with Gasteiger partial charge in [-0.3, -0.25) is 27.9 Å². The molecule has 2 fully saturated rings. The molecule has 1 aromatic carbocycles. The molecule has 2 saturated heterocycles. The van der Waals surface area contributed by atoms with Crippen molar-refractivity contribution in [3.05, 3.63) is 68.7 Å². The molecule has 2 aromatic rings. The van der Waals surface area contributed by atoms with Gasteiger partial charge in [-0.1, -0.05) is 30.3 Å². The molecule has 0 radical (unpaired) electrons. The molecular weight excluding hydrogens is 382 g/mol. The lowest BCUT2D eigenvalue weighted by Gasteiger charge is -2.32. The van der Waals surface area contributed by atoms with E-state index in [0.29, 0.717) is 0 Å². The molecule has 2 unspecified atom stereocenters. The van der Waals surface area contributed by atoms with Crippen LogP contribution >= 0.6 is 7.82 Å². The van der Waals surface area contributed by atoms with Gasteiger partial charge in [0.15, 0.2) is 0 Å². The monoisotopic (exact) mass is 398 g/mol. The predicted octanol–water partition coefficient (Wildman–Crippen LogP) is 1.36. The third-order valence-electron chi connectivity index (χ3n) is 4.39. The van der Waals surface area contributed by atoms with E-state index in [9.17, 15) is 18.5 Å². The fourth-order valence-electron chi connectivity index (χ4n) is 3.03. The van der Waals surface area contributed by atoms with Gasteiger partial charge in [0, 0.05) is 0 Å².